The number of aliphatic hydroxyl groups excluding tert-OH is 2. The van der Waals surface area contributed by atoms with Crippen LogP contribution in [0.3, 0.4) is 0 Å². The molecular formula is C33H53N9O14. The third-order valence-corrected chi connectivity index (χ3v) is 8.27. The van der Waals surface area contributed by atoms with E-state index in [2.05, 4.69) is 26.6 Å². The minimum absolute atomic E-state index is 0.00416. The maximum Gasteiger partial charge on any atom is 0.326 e. The molecule has 314 valence electrons. The van der Waals surface area contributed by atoms with Crippen molar-refractivity contribution in [1.82, 2.24) is 42.0 Å². The van der Waals surface area contributed by atoms with Gasteiger partial charge in [0.1, 0.15) is 36.0 Å². The highest BCUT2D eigenvalue weighted by molar-refractivity contribution is 6.00. The summed E-state index contributed by atoms with van der Waals surface area (Å²) in [5, 5.41) is 69.7. The van der Waals surface area contributed by atoms with Crippen molar-refractivity contribution >= 4 is 47.8 Å². The first-order valence-corrected chi connectivity index (χ1v) is 17.6. The first-order chi connectivity index (χ1) is 26.5. The first kappa shape index (κ1) is 48.6. The predicted octanol–water partition coefficient (Wildman–Crippen LogP) is -4.53. The van der Waals surface area contributed by atoms with Gasteiger partial charge in [-0.2, -0.15) is 0 Å². The molecule has 1 unspecified atom stereocenters. The largest absolute Gasteiger partial charge is 0.507 e. The molecule has 0 aliphatic heterocycles. The molecular weight excluding hydrogens is 746 g/mol. The summed E-state index contributed by atoms with van der Waals surface area (Å²) in [6, 6.07) is -2.00. The van der Waals surface area contributed by atoms with Crippen LogP contribution in [0.5, 0.6) is 5.75 Å². The van der Waals surface area contributed by atoms with Gasteiger partial charge in [-0.15, -0.1) is 0 Å². The lowest BCUT2D eigenvalue weighted by molar-refractivity contribution is -0.150. The maximum absolute atomic E-state index is 13.7. The third-order valence-electron chi connectivity index (χ3n) is 8.27. The van der Waals surface area contributed by atoms with Crippen LogP contribution in [-0.2, 0) is 33.6 Å². The highest BCUT2D eigenvalue weighted by atomic mass is 16.5. The van der Waals surface area contributed by atoms with Crippen molar-refractivity contribution in [3.05, 3.63) is 29.8 Å². The average Bonchev–Trinajstić information content (AvgIpc) is 3.16. The molecule has 0 radical (unpaired) electrons. The molecule has 0 saturated heterocycles. The Bertz CT molecular complexity index is 1480. The van der Waals surface area contributed by atoms with Crippen LogP contribution in [0.1, 0.15) is 55.8 Å². The van der Waals surface area contributed by atoms with E-state index in [9.17, 15) is 64.0 Å². The number of carboxylic acids is 1. The predicted molar refractivity (Wildman–Crippen MR) is 192 cm³/mol. The van der Waals surface area contributed by atoms with E-state index in [1.807, 2.05) is 5.48 Å². The highest BCUT2D eigenvalue weighted by Crippen LogP contribution is 2.15. The number of amides is 7. The Morgan fingerprint density at radius 2 is 1.52 bits per heavy atom. The van der Waals surface area contributed by atoms with E-state index in [1.165, 1.54) is 38.2 Å². The Balaban J connectivity index is 3.09. The van der Waals surface area contributed by atoms with E-state index in [0.29, 0.717) is 5.06 Å². The second-order valence-corrected chi connectivity index (χ2v) is 12.5. The fourth-order valence-electron chi connectivity index (χ4n) is 5.15. The molecule has 0 aliphatic rings. The maximum atomic E-state index is 13.7. The number of nitrogens with two attached hydrogens (primary N) is 1. The number of carbonyl (C=O) groups is 8. The molecule has 0 aliphatic carbocycles. The van der Waals surface area contributed by atoms with Gasteiger partial charge < -0.3 is 62.9 Å². The Labute approximate surface area is 321 Å². The van der Waals surface area contributed by atoms with Crippen molar-refractivity contribution < 1.29 is 69.2 Å². The topological polar surface area (TPSA) is 363 Å². The zero-order chi connectivity index (χ0) is 42.4. The van der Waals surface area contributed by atoms with Gasteiger partial charge in [0.25, 0.3) is 5.91 Å². The van der Waals surface area contributed by atoms with Gasteiger partial charge in [0.05, 0.1) is 24.8 Å². The van der Waals surface area contributed by atoms with Crippen LogP contribution in [-0.4, -0.2) is 165 Å². The van der Waals surface area contributed by atoms with Gasteiger partial charge in [-0.05, 0) is 64.1 Å². The molecule has 0 heterocycles. The van der Waals surface area contributed by atoms with Crippen LogP contribution in [0.15, 0.2) is 24.3 Å². The lowest BCUT2D eigenvalue weighted by Crippen LogP contribution is -2.60. The van der Waals surface area contributed by atoms with E-state index < -0.39 is 90.9 Å². The monoisotopic (exact) mass is 799 g/mol. The minimum atomic E-state index is -1.69. The van der Waals surface area contributed by atoms with Gasteiger partial charge in [0.15, 0.2) is 0 Å². The smallest absolute Gasteiger partial charge is 0.326 e. The number of phenolic OH excluding ortho intramolecular Hbond substituents is 1. The molecule has 56 heavy (non-hydrogen) atoms. The van der Waals surface area contributed by atoms with Gasteiger partial charge in [0.2, 0.25) is 35.9 Å². The van der Waals surface area contributed by atoms with Crippen LogP contribution in [0.25, 0.3) is 0 Å². The highest BCUT2D eigenvalue weighted by Gasteiger charge is 2.36. The molecule has 23 nitrogen and oxygen atoms in total. The van der Waals surface area contributed by atoms with Crippen LogP contribution >= 0.6 is 0 Å². The molecule has 0 saturated carbocycles. The lowest BCUT2D eigenvalue weighted by atomic mass is 10.0. The van der Waals surface area contributed by atoms with E-state index in [-0.39, 0.29) is 75.9 Å². The molecule has 1 aromatic carbocycles. The summed E-state index contributed by atoms with van der Waals surface area (Å²) in [5.41, 5.74) is 7.33. The number of hydrogen-bond acceptors (Lipinski definition) is 15. The number of hydroxylamine groups is 3. The van der Waals surface area contributed by atoms with Crippen LogP contribution < -0.4 is 37.8 Å². The number of carbonyl (C=O) groups excluding carboxylic acids is 7. The number of nitrogens with zero attached hydrogens (tertiary/aromatic N) is 2. The van der Waals surface area contributed by atoms with Crippen molar-refractivity contribution in [2.75, 3.05) is 39.8 Å². The number of phenols is 1. The molecule has 6 atom stereocenters. The van der Waals surface area contributed by atoms with Crippen molar-refractivity contribution in [3.8, 4) is 5.75 Å². The number of aromatic hydroxyl groups is 1. The van der Waals surface area contributed by atoms with E-state index in [4.69, 9.17) is 10.9 Å². The summed E-state index contributed by atoms with van der Waals surface area (Å²) < 4.78 is 0. The van der Waals surface area contributed by atoms with Gasteiger partial charge in [-0.25, -0.2) is 15.3 Å². The molecule has 14 N–H and O–H groups in total. The van der Waals surface area contributed by atoms with Crippen LogP contribution in [0.4, 0.5) is 0 Å². The molecule has 0 aromatic heterocycles. The molecule has 0 bridgehead atoms. The van der Waals surface area contributed by atoms with Gasteiger partial charge in [0, 0.05) is 20.1 Å². The summed E-state index contributed by atoms with van der Waals surface area (Å²) in [6.45, 7) is -0.666. The fraction of sp³-hybridized carbons (Fsp3) is 0.576. The van der Waals surface area contributed by atoms with Crippen molar-refractivity contribution in [2.45, 2.75) is 81.8 Å². The zero-order valence-electron chi connectivity index (χ0n) is 31.1. The average molecular weight is 800 g/mol. The van der Waals surface area contributed by atoms with Gasteiger partial charge in [-0.1, -0.05) is 12.1 Å². The minimum Gasteiger partial charge on any atom is -0.507 e. The van der Waals surface area contributed by atoms with Gasteiger partial charge in [-0.3, -0.25) is 38.8 Å². The van der Waals surface area contributed by atoms with E-state index in [0.717, 1.165) is 4.90 Å². The number of likely N-dealkylation sites (N-methyl/N-ethyl adjacent to an activating group) is 1. The Hall–Kier alpha value is -5.46. The number of benzene rings is 1. The lowest BCUT2D eigenvalue weighted by Gasteiger charge is -2.33. The van der Waals surface area contributed by atoms with E-state index >= 15 is 0 Å². The third kappa shape index (κ3) is 16.5. The zero-order valence-corrected chi connectivity index (χ0v) is 31.1. The SMILES string of the molecule is C[C@H](O)[C@@H](NC(=O)CNC(=O)[C@H](CO)NC(=O)c1ccccc1O)C(=O)N(C)C(CCCNO)C(=O)N[C@@H](CCCN)C(=O)N[C@@H](CCCN(O)C=O)C(=O)O. The summed E-state index contributed by atoms with van der Waals surface area (Å²) in [7, 11) is 1.18. The quantitative estimate of drug-likeness (QED) is 0.0173. The number of hydrogen-bond donors (Lipinski definition) is 13. The molecule has 7 amide bonds. The second-order valence-electron chi connectivity index (χ2n) is 12.5. The van der Waals surface area contributed by atoms with Gasteiger partial charge >= 0.3 is 5.97 Å². The summed E-state index contributed by atoms with van der Waals surface area (Å²) in [5.74, 6) is -7.48. The molecule has 23 heteroatoms. The summed E-state index contributed by atoms with van der Waals surface area (Å²) in [4.78, 5) is 102. The number of aliphatic hydroxyl groups is 2. The fourth-order valence-corrected chi connectivity index (χ4v) is 5.15. The number of aliphatic carboxylic acids is 1. The Kier molecular flexibility index (Phi) is 22.2. The van der Waals surface area contributed by atoms with E-state index in [1.54, 1.807) is 0 Å². The Morgan fingerprint density at radius 3 is 2.09 bits per heavy atom. The van der Waals surface area contributed by atoms with Crippen molar-refractivity contribution in [1.29, 1.82) is 0 Å². The van der Waals surface area contributed by atoms with Crippen LogP contribution in [0.2, 0.25) is 0 Å². The Morgan fingerprint density at radius 1 is 0.875 bits per heavy atom. The molecule has 0 spiro atoms. The van der Waals surface area contributed by atoms with Crippen LogP contribution in [0, 0.1) is 0 Å². The normalized spacial score (nSPS) is 14.1. The molecule has 1 rings (SSSR count). The van der Waals surface area contributed by atoms with Crippen molar-refractivity contribution in [2.24, 2.45) is 5.73 Å². The molecule has 1 aromatic rings. The number of nitrogens with one attached hydrogen (secondary N) is 6. The number of para-hydroxylation sites is 1. The second kappa shape index (κ2) is 25.6. The van der Waals surface area contributed by atoms with Crippen molar-refractivity contribution in [3.63, 3.8) is 0 Å². The number of rotatable bonds is 27. The first-order valence-electron chi connectivity index (χ1n) is 17.6. The summed E-state index contributed by atoms with van der Waals surface area (Å²) >= 11 is 0. The number of carboxylic acid groups (broad SMARTS) is 1. The molecule has 0 fully saturated rings. The standard InChI is InChI=1S/C33H53N9O14/c1-19(45)27(40-26(47)16-35-29(49)23(17-43)39-28(48)20-8-3-4-12-25(20)46)32(52)41(2)24(11-6-14-36-55)31(51)37-21(9-5-13-34)30(50)38-22(33(53)54)10-7-15-42(56)18-44/h3-4,8,12,18-19,21-24,27,36,43,45-46,55-56H,5-7,9-11,13-17,34H2,1-2H3,(H,35,49)(H,37,51)(H,38,50)(H,39,48)(H,40,47)(H,53,54)/t19-,21-,22-,23-,24?,27+/m0/s1. The summed E-state index contributed by atoms with van der Waals surface area (Å²) in [6.07, 6.45) is -1.49.